The smallest absolute Gasteiger partial charge is 0.254 e. The van der Waals surface area contributed by atoms with E-state index in [-0.39, 0.29) is 35.8 Å². The Balaban J connectivity index is 1.58. The van der Waals surface area contributed by atoms with E-state index in [4.69, 9.17) is 4.74 Å². The first-order valence-corrected chi connectivity index (χ1v) is 10.8. The molecule has 168 valence electrons. The zero-order valence-electron chi connectivity index (χ0n) is 17.9. The van der Waals surface area contributed by atoms with Crippen molar-refractivity contribution in [3.63, 3.8) is 0 Å². The second-order valence-electron chi connectivity index (χ2n) is 8.32. The molecule has 1 saturated heterocycles. The van der Waals surface area contributed by atoms with Crippen molar-refractivity contribution in [2.75, 3.05) is 31.6 Å². The van der Waals surface area contributed by atoms with Gasteiger partial charge < -0.3 is 19.9 Å². The molecule has 5 heterocycles. The lowest BCUT2D eigenvalue weighted by molar-refractivity contribution is -0.127. The second-order valence-corrected chi connectivity index (χ2v) is 8.32. The summed E-state index contributed by atoms with van der Waals surface area (Å²) in [6.07, 6.45) is 5.38. The van der Waals surface area contributed by atoms with Gasteiger partial charge in [-0.2, -0.15) is 5.10 Å². The molecular formula is C22H25FN6O3. The zero-order chi connectivity index (χ0) is 22.4. The second kappa shape index (κ2) is 7.92. The van der Waals surface area contributed by atoms with E-state index in [1.165, 1.54) is 6.08 Å². The van der Waals surface area contributed by atoms with Gasteiger partial charge in [-0.15, -0.1) is 0 Å². The fraction of sp³-hybridized carbons (Fsp3) is 0.455. The summed E-state index contributed by atoms with van der Waals surface area (Å²) < 4.78 is 23.1. The number of amides is 2. The van der Waals surface area contributed by atoms with Crippen molar-refractivity contribution in [2.24, 2.45) is 0 Å². The molecule has 1 N–H and O–H groups in total. The Hall–Kier alpha value is -3.43. The molecule has 2 aromatic rings. The number of aromatic nitrogens is 3. The van der Waals surface area contributed by atoms with Gasteiger partial charge >= 0.3 is 0 Å². The number of likely N-dealkylation sites (N-methyl/N-ethyl adjacent to an activating group) is 1. The van der Waals surface area contributed by atoms with Crippen molar-refractivity contribution in [1.29, 1.82) is 0 Å². The number of aryl methyl sites for hydroxylation is 1. The number of hydrogen-bond donors (Lipinski definition) is 1. The van der Waals surface area contributed by atoms with E-state index >= 15 is 4.39 Å². The average Bonchev–Trinajstić information content (AvgIpc) is 3.43. The number of carbonyl (C=O) groups excluding carboxylic acids is 2. The highest BCUT2D eigenvalue weighted by molar-refractivity contribution is 6.04. The number of anilines is 1. The molecule has 0 unspecified atom stereocenters. The monoisotopic (exact) mass is 440 g/mol. The molecule has 0 aliphatic carbocycles. The molecule has 32 heavy (non-hydrogen) atoms. The Labute approximate surface area is 184 Å². The summed E-state index contributed by atoms with van der Waals surface area (Å²) in [6.45, 7) is 6.04. The number of halogens is 1. The van der Waals surface area contributed by atoms with Crippen LogP contribution in [-0.4, -0.2) is 64.3 Å². The summed E-state index contributed by atoms with van der Waals surface area (Å²) in [5, 5.41) is 7.08. The first kappa shape index (κ1) is 20.5. The van der Waals surface area contributed by atoms with Gasteiger partial charge in [0.2, 0.25) is 11.8 Å². The molecule has 2 amide bonds. The number of ether oxygens (including phenoxy) is 1. The van der Waals surface area contributed by atoms with Crippen LogP contribution in [0.4, 0.5) is 10.2 Å². The van der Waals surface area contributed by atoms with Crippen molar-refractivity contribution >= 4 is 17.6 Å². The number of nitrogens with one attached hydrogen (secondary N) is 1. The summed E-state index contributed by atoms with van der Waals surface area (Å²) >= 11 is 0. The van der Waals surface area contributed by atoms with Gasteiger partial charge in [0.25, 0.3) is 5.91 Å². The van der Waals surface area contributed by atoms with Gasteiger partial charge in [-0.1, -0.05) is 6.58 Å². The first-order valence-electron chi connectivity index (χ1n) is 10.8. The molecule has 3 aliphatic rings. The standard InChI is InChI=1S/C22H25FN6O3/c1-3-16(30)28-7-4-6-13(12-28)27(2)20-18(23)14-10-24-21(31)17(14)19(26-20)15-11-25-29-8-5-9-32-22(15)29/h3,11,13H,1,4-10,12H2,2H3,(H,24,31)/t13-/m1/s1. The van der Waals surface area contributed by atoms with E-state index in [0.717, 1.165) is 19.3 Å². The van der Waals surface area contributed by atoms with Crippen LogP contribution in [0.15, 0.2) is 18.9 Å². The van der Waals surface area contributed by atoms with Gasteiger partial charge in [-0.25, -0.2) is 14.1 Å². The summed E-state index contributed by atoms with van der Waals surface area (Å²) in [5.41, 5.74) is 1.49. The molecule has 0 radical (unpaired) electrons. The van der Waals surface area contributed by atoms with Crippen LogP contribution >= 0.6 is 0 Å². The fourth-order valence-electron chi connectivity index (χ4n) is 4.70. The van der Waals surface area contributed by atoms with Crippen molar-refractivity contribution in [3.8, 4) is 17.1 Å². The zero-order valence-corrected chi connectivity index (χ0v) is 17.9. The maximum absolute atomic E-state index is 15.6. The van der Waals surface area contributed by atoms with E-state index in [1.807, 2.05) is 0 Å². The maximum Gasteiger partial charge on any atom is 0.254 e. The molecule has 0 saturated carbocycles. The predicted molar refractivity (Wildman–Crippen MR) is 115 cm³/mol. The highest BCUT2D eigenvalue weighted by atomic mass is 19.1. The van der Waals surface area contributed by atoms with Gasteiger partial charge in [0, 0.05) is 51.3 Å². The van der Waals surface area contributed by atoms with Crippen LogP contribution in [0, 0.1) is 5.82 Å². The minimum Gasteiger partial charge on any atom is -0.477 e. The van der Waals surface area contributed by atoms with Crippen LogP contribution in [0.1, 0.15) is 35.2 Å². The molecule has 9 nitrogen and oxygen atoms in total. The number of rotatable bonds is 4. The minimum absolute atomic E-state index is 0.104. The number of nitrogens with zero attached hydrogens (tertiary/aromatic N) is 5. The molecule has 10 heteroatoms. The first-order chi connectivity index (χ1) is 15.5. The SMILES string of the molecule is C=CC(=O)N1CCC[C@@H](N(C)c2nc(-c3cnn4c3OCCC4)c3c(c2F)CNC3=O)C1. The Bertz CT molecular complexity index is 1110. The fourth-order valence-corrected chi connectivity index (χ4v) is 4.70. The van der Waals surface area contributed by atoms with Gasteiger partial charge in [0.15, 0.2) is 11.6 Å². The highest BCUT2D eigenvalue weighted by Gasteiger charge is 2.35. The number of fused-ring (bicyclic) bond motifs is 2. The third-order valence-electron chi connectivity index (χ3n) is 6.43. The highest BCUT2D eigenvalue weighted by Crippen LogP contribution is 2.39. The third-order valence-corrected chi connectivity index (χ3v) is 6.43. The van der Waals surface area contributed by atoms with Crippen molar-refractivity contribution < 1.29 is 18.7 Å². The number of pyridine rings is 1. The molecule has 0 aromatic carbocycles. The normalized spacial score (nSPS) is 19.6. The molecule has 0 spiro atoms. The van der Waals surface area contributed by atoms with Crippen LogP contribution in [-0.2, 0) is 17.9 Å². The number of likely N-dealkylation sites (tertiary alicyclic amines) is 1. The molecule has 0 bridgehead atoms. The van der Waals surface area contributed by atoms with E-state index in [0.29, 0.717) is 48.9 Å². The van der Waals surface area contributed by atoms with Crippen molar-refractivity contribution in [3.05, 3.63) is 35.8 Å². The van der Waals surface area contributed by atoms with Crippen molar-refractivity contribution in [2.45, 2.75) is 38.4 Å². The topological polar surface area (TPSA) is 92.6 Å². The van der Waals surface area contributed by atoms with E-state index in [2.05, 4.69) is 22.0 Å². The van der Waals surface area contributed by atoms with Crippen molar-refractivity contribution in [1.82, 2.24) is 25.0 Å². The summed E-state index contributed by atoms with van der Waals surface area (Å²) in [6, 6.07) is -0.108. The van der Waals surface area contributed by atoms with Gasteiger partial charge in [-0.3, -0.25) is 9.59 Å². The third kappa shape index (κ3) is 3.21. The quantitative estimate of drug-likeness (QED) is 0.728. The van der Waals surface area contributed by atoms with E-state index < -0.39 is 5.82 Å². The van der Waals surface area contributed by atoms with Crippen LogP contribution in [0.2, 0.25) is 0 Å². The molecule has 5 rings (SSSR count). The van der Waals surface area contributed by atoms with Crippen LogP contribution in [0.25, 0.3) is 11.3 Å². The average molecular weight is 440 g/mol. The van der Waals surface area contributed by atoms with Gasteiger partial charge in [0.05, 0.1) is 29.6 Å². The van der Waals surface area contributed by atoms with Crippen LogP contribution < -0.4 is 15.0 Å². The van der Waals surface area contributed by atoms with Gasteiger partial charge in [-0.05, 0) is 18.9 Å². The lowest BCUT2D eigenvalue weighted by atomic mass is 10.0. The largest absolute Gasteiger partial charge is 0.477 e. The predicted octanol–water partition coefficient (Wildman–Crippen LogP) is 1.72. The molecule has 2 aromatic heterocycles. The molecule has 1 fully saturated rings. The van der Waals surface area contributed by atoms with Crippen LogP contribution in [0.5, 0.6) is 5.88 Å². The summed E-state index contributed by atoms with van der Waals surface area (Å²) in [7, 11) is 1.78. The van der Waals surface area contributed by atoms with Gasteiger partial charge in [0.1, 0.15) is 0 Å². The summed E-state index contributed by atoms with van der Waals surface area (Å²) in [5.74, 6) is -0.301. The molecule has 1 atom stereocenters. The Morgan fingerprint density at radius 1 is 1.41 bits per heavy atom. The number of piperidine rings is 1. The van der Waals surface area contributed by atoms with Crippen LogP contribution in [0.3, 0.4) is 0 Å². The lowest BCUT2D eigenvalue weighted by Crippen LogP contribution is -2.48. The summed E-state index contributed by atoms with van der Waals surface area (Å²) in [4.78, 5) is 32.8. The lowest BCUT2D eigenvalue weighted by Gasteiger charge is -2.38. The maximum atomic E-state index is 15.6. The molecular weight excluding hydrogens is 415 g/mol. The Kier molecular flexibility index (Phi) is 5.07. The Morgan fingerprint density at radius 2 is 2.25 bits per heavy atom. The van der Waals surface area contributed by atoms with E-state index in [9.17, 15) is 9.59 Å². The number of carbonyl (C=O) groups is 2. The number of hydrogen-bond acceptors (Lipinski definition) is 6. The molecule has 3 aliphatic heterocycles. The Morgan fingerprint density at radius 3 is 3.06 bits per heavy atom. The van der Waals surface area contributed by atoms with E-state index in [1.54, 1.807) is 27.7 Å². The minimum atomic E-state index is -0.515.